The first-order chi connectivity index (χ1) is 9.26. The third-order valence-electron chi connectivity index (χ3n) is 3.11. The van der Waals surface area contributed by atoms with Gasteiger partial charge in [0.05, 0.1) is 13.7 Å². The van der Waals surface area contributed by atoms with E-state index in [-0.39, 0.29) is 0 Å². The predicted octanol–water partition coefficient (Wildman–Crippen LogP) is 2.37. The van der Waals surface area contributed by atoms with E-state index in [4.69, 9.17) is 15.3 Å². The van der Waals surface area contributed by atoms with Crippen molar-refractivity contribution < 1.29 is 9.47 Å². The number of hydrazine groups is 1. The van der Waals surface area contributed by atoms with Crippen LogP contribution >= 0.6 is 0 Å². The van der Waals surface area contributed by atoms with Gasteiger partial charge in [0, 0.05) is 0 Å². The molecule has 1 heterocycles. The third-order valence-corrected chi connectivity index (χ3v) is 3.11. The number of nitrogens with two attached hydrogens (primary N) is 1. The number of methoxy groups -OCH3 is 1. The maximum absolute atomic E-state index is 5.75. The molecule has 0 radical (unpaired) electrons. The van der Waals surface area contributed by atoms with E-state index in [9.17, 15) is 0 Å². The molecule has 1 unspecified atom stereocenters. The van der Waals surface area contributed by atoms with E-state index in [0.717, 1.165) is 6.42 Å². The number of ether oxygens (including phenoxy) is 2. The van der Waals surface area contributed by atoms with Crippen LogP contribution in [0, 0.1) is 5.92 Å². The molecule has 0 aliphatic carbocycles. The van der Waals surface area contributed by atoms with Crippen LogP contribution in [-0.2, 0) is 0 Å². The average Bonchev–Trinajstić information content (AvgIpc) is 2.46. The zero-order chi connectivity index (χ0) is 14.1. The fourth-order valence-corrected chi connectivity index (χ4v) is 1.84. The highest BCUT2D eigenvalue weighted by molar-refractivity contribution is 5.54. The second-order valence-corrected chi connectivity index (χ2v) is 4.43. The molecule has 1 rings (SSSR count). The van der Waals surface area contributed by atoms with Crippen LogP contribution in [0.3, 0.4) is 0 Å². The van der Waals surface area contributed by atoms with E-state index in [1.165, 1.54) is 25.6 Å². The first-order valence-electron chi connectivity index (χ1n) is 6.75. The average molecular weight is 268 g/mol. The third kappa shape index (κ3) is 4.55. The molecule has 1 aromatic heterocycles. The van der Waals surface area contributed by atoms with Crippen molar-refractivity contribution in [2.45, 2.75) is 39.5 Å². The highest BCUT2D eigenvalue weighted by atomic mass is 16.5. The molecule has 0 saturated heterocycles. The van der Waals surface area contributed by atoms with Crippen molar-refractivity contribution in [1.82, 2.24) is 9.97 Å². The molecule has 0 spiro atoms. The topological polar surface area (TPSA) is 82.3 Å². The van der Waals surface area contributed by atoms with E-state index in [1.807, 2.05) is 0 Å². The molecule has 6 nitrogen and oxygen atoms in total. The summed E-state index contributed by atoms with van der Waals surface area (Å²) in [6.07, 6.45) is 6.09. The van der Waals surface area contributed by atoms with Gasteiger partial charge in [-0.15, -0.1) is 0 Å². The molecule has 6 heteroatoms. The van der Waals surface area contributed by atoms with Crippen LogP contribution in [-0.4, -0.2) is 23.7 Å². The summed E-state index contributed by atoms with van der Waals surface area (Å²) in [5.41, 5.74) is 2.47. The lowest BCUT2D eigenvalue weighted by Crippen LogP contribution is -2.15. The van der Waals surface area contributed by atoms with E-state index in [0.29, 0.717) is 30.0 Å². The molecule has 1 atom stereocenters. The quantitative estimate of drug-likeness (QED) is 0.528. The van der Waals surface area contributed by atoms with Crippen LogP contribution in [0.5, 0.6) is 11.6 Å². The van der Waals surface area contributed by atoms with Crippen molar-refractivity contribution >= 4 is 5.82 Å². The maximum atomic E-state index is 5.75. The number of nitrogen functional groups attached to an aromatic ring is 1. The smallest absolute Gasteiger partial charge is 0.262 e. The maximum Gasteiger partial charge on any atom is 0.262 e. The Balaban J connectivity index is 2.65. The lowest BCUT2D eigenvalue weighted by molar-refractivity contribution is 0.216. The lowest BCUT2D eigenvalue weighted by Gasteiger charge is -2.17. The molecule has 19 heavy (non-hydrogen) atoms. The van der Waals surface area contributed by atoms with Gasteiger partial charge < -0.3 is 14.9 Å². The number of anilines is 1. The number of hydrogen-bond donors (Lipinski definition) is 2. The summed E-state index contributed by atoms with van der Waals surface area (Å²) in [6, 6.07) is 0. The number of nitrogens with one attached hydrogen (secondary N) is 1. The summed E-state index contributed by atoms with van der Waals surface area (Å²) in [4.78, 5) is 8.06. The zero-order valence-electron chi connectivity index (χ0n) is 12.0. The normalized spacial score (nSPS) is 12.0. The molecule has 0 amide bonds. The van der Waals surface area contributed by atoms with Crippen molar-refractivity contribution in [3.8, 4) is 11.6 Å². The summed E-state index contributed by atoms with van der Waals surface area (Å²) in [5.74, 6) is 7.20. The summed E-state index contributed by atoms with van der Waals surface area (Å²) in [5, 5.41) is 0. The molecule has 0 fully saturated rings. The predicted molar refractivity (Wildman–Crippen MR) is 75.2 cm³/mol. The molecule has 0 saturated carbocycles. The van der Waals surface area contributed by atoms with Crippen LogP contribution in [0.25, 0.3) is 0 Å². The van der Waals surface area contributed by atoms with Crippen molar-refractivity contribution in [3.63, 3.8) is 0 Å². The van der Waals surface area contributed by atoms with Gasteiger partial charge >= 0.3 is 0 Å². The molecule has 1 aromatic rings. The van der Waals surface area contributed by atoms with Crippen molar-refractivity contribution in [3.05, 3.63) is 6.33 Å². The van der Waals surface area contributed by atoms with Gasteiger partial charge in [0.1, 0.15) is 6.33 Å². The first kappa shape index (κ1) is 15.5. The molecule has 3 N–H and O–H groups in total. The highest BCUT2D eigenvalue weighted by Crippen LogP contribution is 2.30. The molecule has 108 valence electrons. The van der Waals surface area contributed by atoms with Gasteiger partial charge in [-0.25, -0.2) is 10.8 Å². The van der Waals surface area contributed by atoms with E-state index in [2.05, 4.69) is 29.2 Å². The second kappa shape index (κ2) is 8.53. The van der Waals surface area contributed by atoms with Gasteiger partial charge in [0.2, 0.25) is 5.75 Å². The molecule has 0 aliphatic heterocycles. The van der Waals surface area contributed by atoms with Crippen molar-refractivity contribution in [2.75, 3.05) is 19.1 Å². The number of nitrogens with zero attached hydrogens (tertiary/aromatic N) is 2. The van der Waals surface area contributed by atoms with Crippen molar-refractivity contribution in [2.24, 2.45) is 11.8 Å². The molecule has 0 aromatic carbocycles. The molecular weight excluding hydrogens is 244 g/mol. The summed E-state index contributed by atoms with van der Waals surface area (Å²) in [7, 11) is 1.54. The van der Waals surface area contributed by atoms with Gasteiger partial charge in [0.25, 0.3) is 5.88 Å². The van der Waals surface area contributed by atoms with Gasteiger partial charge in [-0.2, -0.15) is 4.98 Å². The number of hydrogen-bond acceptors (Lipinski definition) is 6. The molecule has 0 bridgehead atoms. The minimum Gasteiger partial charge on any atom is -0.489 e. The molecule has 0 aliphatic rings. The Labute approximate surface area is 114 Å². The van der Waals surface area contributed by atoms with E-state index in [1.54, 1.807) is 7.11 Å². The number of rotatable bonds is 9. The standard InChI is InChI=1S/C13H24N4O2/c1-4-6-7-10(5-2)8-19-13-11(18-3)12(17-14)15-9-16-13/h9-10H,4-8,14H2,1-3H3,(H,15,16,17). The number of aromatic nitrogens is 2. The Morgan fingerprint density at radius 2 is 2.16 bits per heavy atom. The Kier molecular flexibility index (Phi) is 6.95. The van der Waals surface area contributed by atoms with Crippen LogP contribution in [0.1, 0.15) is 39.5 Å². The largest absolute Gasteiger partial charge is 0.489 e. The number of unbranched alkanes of at least 4 members (excludes halogenated alkanes) is 1. The van der Waals surface area contributed by atoms with Gasteiger partial charge in [-0.1, -0.05) is 33.1 Å². The summed E-state index contributed by atoms with van der Waals surface area (Å²) < 4.78 is 11.0. The lowest BCUT2D eigenvalue weighted by atomic mass is 10.0. The Morgan fingerprint density at radius 3 is 2.74 bits per heavy atom. The summed E-state index contributed by atoms with van der Waals surface area (Å²) in [6.45, 7) is 5.00. The van der Waals surface area contributed by atoms with E-state index >= 15 is 0 Å². The monoisotopic (exact) mass is 268 g/mol. The zero-order valence-corrected chi connectivity index (χ0v) is 12.0. The van der Waals surface area contributed by atoms with Crippen molar-refractivity contribution in [1.29, 1.82) is 0 Å². The first-order valence-corrected chi connectivity index (χ1v) is 6.75. The highest BCUT2D eigenvalue weighted by Gasteiger charge is 2.14. The summed E-state index contributed by atoms with van der Waals surface area (Å²) >= 11 is 0. The Hall–Kier alpha value is -1.56. The fraction of sp³-hybridized carbons (Fsp3) is 0.692. The minimum atomic E-state index is 0.425. The van der Waals surface area contributed by atoms with Gasteiger partial charge in [0.15, 0.2) is 5.82 Å². The fourth-order valence-electron chi connectivity index (χ4n) is 1.84. The van der Waals surface area contributed by atoms with Crippen LogP contribution in [0.4, 0.5) is 5.82 Å². The van der Waals surface area contributed by atoms with Gasteiger partial charge in [-0.3, -0.25) is 0 Å². The Bertz CT molecular complexity index is 374. The van der Waals surface area contributed by atoms with Crippen LogP contribution < -0.4 is 20.7 Å². The van der Waals surface area contributed by atoms with Gasteiger partial charge in [-0.05, 0) is 12.3 Å². The second-order valence-electron chi connectivity index (χ2n) is 4.43. The van der Waals surface area contributed by atoms with E-state index < -0.39 is 0 Å². The molecular formula is C13H24N4O2. The SMILES string of the molecule is CCCCC(CC)COc1ncnc(NN)c1OC. The van der Waals surface area contributed by atoms with Crippen LogP contribution in [0.2, 0.25) is 0 Å². The minimum absolute atomic E-state index is 0.425. The Morgan fingerprint density at radius 1 is 1.37 bits per heavy atom. The van der Waals surface area contributed by atoms with Crippen LogP contribution in [0.15, 0.2) is 6.33 Å².